The van der Waals surface area contributed by atoms with E-state index in [0.29, 0.717) is 21.9 Å². The van der Waals surface area contributed by atoms with Gasteiger partial charge < -0.3 is 25.8 Å². The van der Waals surface area contributed by atoms with Crippen molar-refractivity contribution >= 4 is 29.0 Å². The van der Waals surface area contributed by atoms with Crippen molar-refractivity contribution in [3.8, 4) is 0 Å². The minimum absolute atomic E-state index is 0.0561. The maximum absolute atomic E-state index is 12.0. The number of thiocarbonyl (C=S) groups is 1. The first-order valence-corrected chi connectivity index (χ1v) is 6.47. The lowest BCUT2D eigenvalue weighted by Crippen LogP contribution is -2.45. The zero-order valence-electron chi connectivity index (χ0n) is 11.4. The first kappa shape index (κ1) is 15.2. The smallest absolute Gasteiger partial charge is 0.337 e. The van der Waals surface area contributed by atoms with Crippen LogP contribution in [0.25, 0.3) is 0 Å². The monoisotopic (exact) mass is 308 g/mol. The van der Waals surface area contributed by atoms with Crippen LogP contribution in [0.1, 0.15) is 18.5 Å². The molecule has 1 aromatic carbocycles. The second-order valence-electron chi connectivity index (χ2n) is 4.43. The van der Waals surface area contributed by atoms with Gasteiger partial charge in [-0.15, -0.1) is 0 Å². The lowest BCUT2D eigenvalue weighted by molar-refractivity contribution is -0.136. The number of carbonyl (C=O) groups excluding carboxylic acids is 1. The summed E-state index contributed by atoms with van der Waals surface area (Å²) in [6, 6.07) is 5.67. The molecule has 1 aromatic rings. The molecule has 1 aliphatic rings. The van der Waals surface area contributed by atoms with Crippen LogP contribution in [-0.4, -0.2) is 23.4 Å². The van der Waals surface area contributed by atoms with E-state index in [9.17, 15) is 10.0 Å². The number of hydrogen-bond acceptors (Lipinski definition) is 6. The zero-order chi connectivity index (χ0) is 15.6. The van der Waals surface area contributed by atoms with E-state index in [2.05, 4.69) is 10.6 Å². The molecule has 0 spiro atoms. The third-order valence-corrected chi connectivity index (χ3v) is 3.32. The molecular weight excluding hydrogens is 294 g/mol. The Morgan fingerprint density at radius 2 is 2.24 bits per heavy atom. The third-order valence-electron chi connectivity index (χ3n) is 3.10. The van der Waals surface area contributed by atoms with E-state index in [1.807, 2.05) is 0 Å². The number of carbonyl (C=O) groups is 1. The van der Waals surface area contributed by atoms with Gasteiger partial charge in [-0.3, -0.25) is 5.21 Å². The second-order valence-corrected chi connectivity index (χ2v) is 4.84. The molecule has 21 heavy (non-hydrogen) atoms. The predicted molar refractivity (Wildman–Crippen MR) is 80.4 cm³/mol. The number of nitrogens with one attached hydrogen (secondary N) is 2. The Bertz CT molecular complexity index is 615. The average molecular weight is 308 g/mol. The molecule has 1 aliphatic heterocycles. The fourth-order valence-electron chi connectivity index (χ4n) is 2.15. The summed E-state index contributed by atoms with van der Waals surface area (Å²) < 4.78 is 4.78. The predicted octanol–water partition coefficient (Wildman–Crippen LogP) is 1.35. The van der Waals surface area contributed by atoms with Crippen molar-refractivity contribution in [2.45, 2.75) is 13.0 Å². The van der Waals surface area contributed by atoms with Crippen LogP contribution in [0.2, 0.25) is 0 Å². The van der Waals surface area contributed by atoms with Gasteiger partial charge in [-0.25, -0.2) is 4.79 Å². The van der Waals surface area contributed by atoms with E-state index >= 15 is 0 Å². The highest BCUT2D eigenvalue weighted by atomic mass is 32.1. The molecule has 2 rings (SSSR count). The van der Waals surface area contributed by atoms with Crippen LogP contribution in [0.15, 0.2) is 35.5 Å². The molecule has 0 aromatic heterocycles. The molecule has 0 radical (unpaired) electrons. The van der Waals surface area contributed by atoms with Crippen LogP contribution >= 0.6 is 12.2 Å². The standard InChI is InChI=1S/C13H14N3O4S/c1-7-10(12(17)20-2)11(15-13(21)14-7)8-4-3-5-9(6-8)16(18)19/h3-6,11,18H,1-2H3,(H2,14,15,21)/q-1. The summed E-state index contributed by atoms with van der Waals surface area (Å²) in [4.78, 5) is 12.0. The Hall–Kier alpha value is -2.16. The molecule has 0 aliphatic carbocycles. The molecule has 0 saturated heterocycles. The molecule has 1 atom stereocenters. The molecule has 1 unspecified atom stereocenters. The minimum Gasteiger partial charge on any atom is -0.733 e. The molecule has 0 bridgehead atoms. The van der Waals surface area contributed by atoms with Crippen LogP contribution in [0.4, 0.5) is 5.69 Å². The number of esters is 1. The van der Waals surface area contributed by atoms with Gasteiger partial charge in [0, 0.05) is 5.70 Å². The second kappa shape index (κ2) is 6.08. The van der Waals surface area contributed by atoms with Gasteiger partial charge in [0.1, 0.15) is 0 Å². The van der Waals surface area contributed by atoms with Gasteiger partial charge in [-0.05, 0) is 36.8 Å². The Morgan fingerprint density at radius 3 is 2.86 bits per heavy atom. The Labute approximate surface area is 126 Å². The van der Waals surface area contributed by atoms with Crippen LogP contribution in [0.3, 0.4) is 0 Å². The molecular formula is C13H14N3O4S-. The van der Waals surface area contributed by atoms with Gasteiger partial charge in [0.25, 0.3) is 0 Å². The van der Waals surface area contributed by atoms with Gasteiger partial charge in [-0.2, -0.15) is 0 Å². The lowest BCUT2D eigenvalue weighted by atomic mass is 9.95. The van der Waals surface area contributed by atoms with Gasteiger partial charge in [-0.1, -0.05) is 12.1 Å². The number of benzene rings is 1. The van der Waals surface area contributed by atoms with E-state index < -0.39 is 12.0 Å². The van der Waals surface area contributed by atoms with Crippen molar-refractivity contribution in [2.75, 3.05) is 12.3 Å². The number of allylic oxidation sites excluding steroid dienone is 1. The summed E-state index contributed by atoms with van der Waals surface area (Å²) in [5.41, 5.74) is 1.59. The fraction of sp³-hybridized carbons (Fsp3) is 0.231. The Morgan fingerprint density at radius 1 is 1.52 bits per heavy atom. The summed E-state index contributed by atoms with van der Waals surface area (Å²) in [5.74, 6) is -0.506. The highest BCUT2D eigenvalue weighted by molar-refractivity contribution is 7.80. The maximum Gasteiger partial charge on any atom is 0.337 e. The first-order chi connectivity index (χ1) is 9.93. The summed E-state index contributed by atoms with van der Waals surface area (Å²) in [6.07, 6.45) is 0. The quantitative estimate of drug-likeness (QED) is 0.437. The van der Waals surface area contributed by atoms with E-state index in [1.54, 1.807) is 19.1 Å². The largest absolute Gasteiger partial charge is 0.733 e. The SMILES string of the molecule is COC(=O)C1=C(C)NC(=S)NC1c1cccc(N([O-])O)c1. The van der Waals surface area contributed by atoms with E-state index in [1.165, 1.54) is 19.2 Å². The summed E-state index contributed by atoms with van der Waals surface area (Å²) in [6.45, 7) is 1.71. The number of rotatable bonds is 3. The minimum atomic E-state index is -0.564. The molecule has 112 valence electrons. The summed E-state index contributed by atoms with van der Waals surface area (Å²) in [7, 11) is 1.29. The molecule has 3 N–H and O–H groups in total. The number of anilines is 1. The van der Waals surface area contributed by atoms with Crippen molar-refractivity contribution in [1.82, 2.24) is 10.6 Å². The summed E-state index contributed by atoms with van der Waals surface area (Å²) >= 11 is 5.09. The normalized spacial score (nSPS) is 17.9. The van der Waals surface area contributed by atoms with Crippen molar-refractivity contribution in [1.29, 1.82) is 0 Å². The van der Waals surface area contributed by atoms with Crippen molar-refractivity contribution in [3.63, 3.8) is 0 Å². The van der Waals surface area contributed by atoms with Crippen molar-refractivity contribution < 1.29 is 14.7 Å². The van der Waals surface area contributed by atoms with E-state index in [-0.39, 0.29) is 10.9 Å². The zero-order valence-corrected chi connectivity index (χ0v) is 12.2. The Balaban J connectivity index is 2.48. The van der Waals surface area contributed by atoms with Gasteiger partial charge >= 0.3 is 5.97 Å². The van der Waals surface area contributed by atoms with Gasteiger partial charge in [0.15, 0.2) is 5.11 Å². The number of methoxy groups -OCH3 is 1. The molecule has 8 heteroatoms. The van der Waals surface area contributed by atoms with E-state index in [0.717, 1.165) is 0 Å². The highest BCUT2D eigenvalue weighted by Gasteiger charge is 2.30. The van der Waals surface area contributed by atoms with Crippen molar-refractivity contribution in [2.24, 2.45) is 0 Å². The van der Waals surface area contributed by atoms with Crippen LogP contribution in [0, 0.1) is 5.21 Å². The van der Waals surface area contributed by atoms with Crippen LogP contribution < -0.4 is 15.9 Å². The van der Waals surface area contributed by atoms with E-state index in [4.69, 9.17) is 22.2 Å². The number of nitrogens with zero attached hydrogens (tertiary/aromatic N) is 1. The average Bonchev–Trinajstić information content (AvgIpc) is 2.45. The van der Waals surface area contributed by atoms with Gasteiger partial charge in [0.2, 0.25) is 0 Å². The summed E-state index contributed by atoms with van der Waals surface area (Å²) in [5, 5.41) is 25.9. The van der Waals surface area contributed by atoms with Crippen molar-refractivity contribution in [3.05, 3.63) is 46.3 Å². The molecule has 0 fully saturated rings. The molecule has 1 heterocycles. The third kappa shape index (κ3) is 3.13. The molecule has 7 nitrogen and oxygen atoms in total. The Kier molecular flexibility index (Phi) is 4.41. The van der Waals surface area contributed by atoms with Crippen LogP contribution in [-0.2, 0) is 9.53 Å². The fourth-order valence-corrected chi connectivity index (χ4v) is 2.42. The highest BCUT2D eigenvalue weighted by Crippen LogP contribution is 2.29. The number of hydrogen-bond donors (Lipinski definition) is 3. The first-order valence-electron chi connectivity index (χ1n) is 6.06. The number of ether oxygens (including phenoxy) is 1. The molecule has 0 amide bonds. The van der Waals surface area contributed by atoms with Gasteiger partial charge in [0.05, 0.1) is 24.4 Å². The lowest BCUT2D eigenvalue weighted by Gasteiger charge is -2.30. The van der Waals surface area contributed by atoms with Crippen LogP contribution in [0.5, 0.6) is 0 Å². The maximum atomic E-state index is 12.0. The molecule has 0 saturated carbocycles. The topological polar surface area (TPSA) is 96.9 Å².